The van der Waals surface area contributed by atoms with Gasteiger partial charge in [-0.25, -0.2) is 4.98 Å². The average Bonchev–Trinajstić information content (AvgIpc) is 2.74. The largest absolute Gasteiger partial charge is 0.354 e. The van der Waals surface area contributed by atoms with Gasteiger partial charge in [-0.15, -0.1) is 11.8 Å². The van der Waals surface area contributed by atoms with E-state index >= 15 is 0 Å². The molecule has 0 fully saturated rings. The second-order valence-electron chi connectivity index (χ2n) is 3.36. The molecule has 2 N–H and O–H groups in total. The van der Waals surface area contributed by atoms with Gasteiger partial charge in [-0.3, -0.25) is 5.10 Å². The summed E-state index contributed by atoms with van der Waals surface area (Å²) in [6.45, 7) is 5.00. The van der Waals surface area contributed by atoms with E-state index in [9.17, 15) is 0 Å². The van der Waals surface area contributed by atoms with Crippen LogP contribution in [-0.2, 0) is 0 Å². The first-order valence-corrected chi connectivity index (χ1v) is 6.41. The Morgan fingerprint density at radius 1 is 1.38 bits per heavy atom. The smallest absolute Gasteiger partial charge is 0.225 e. The summed E-state index contributed by atoms with van der Waals surface area (Å²) in [5.41, 5.74) is 0.796. The van der Waals surface area contributed by atoms with Gasteiger partial charge in [-0.1, -0.05) is 6.92 Å². The topological polar surface area (TPSA) is 66.5 Å². The van der Waals surface area contributed by atoms with Crippen molar-refractivity contribution in [2.24, 2.45) is 0 Å². The van der Waals surface area contributed by atoms with Crippen molar-refractivity contribution in [3.63, 3.8) is 0 Å². The van der Waals surface area contributed by atoms with Crippen LogP contribution in [0, 0.1) is 0 Å². The lowest BCUT2D eigenvalue weighted by Gasteiger charge is -2.05. The van der Waals surface area contributed by atoms with Crippen LogP contribution >= 0.6 is 11.8 Å². The summed E-state index contributed by atoms with van der Waals surface area (Å²) >= 11 is 1.74. The van der Waals surface area contributed by atoms with Gasteiger partial charge in [0.2, 0.25) is 5.95 Å². The Hall–Kier alpha value is -1.30. The Balaban J connectivity index is 2.38. The second-order valence-corrected chi connectivity index (χ2v) is 4.45. The molecule has 0 unspecified atom stereocenters. The van der Waals surface area contributed by atoms with Crippen molar-refractivity contribution in [2.75, 3.05) is 17.6 Å². The molecule has 0 atom stereocenters. The SMILES string of the molecule is CCCSc1nc(NCC)nc2[nH]ncc12. The molecule has 0 spiro atoms. The lowest BCUT2D eigenvalue weighted by atomic mass is 10.4. The van der Waals surface area contributed by atoms with Crippen molar-refractivity contribution in [1.29, 1.82) is 0 Å². The molecule has 2 rings (SSSR count). The number of thioether (sulfide) groups is 1. The van der Waals surface area contributed by atoms with Gasteiger partial charge in [-0.05, 0) is 19.1 Å². The highest BCUT2D eigenvalue weighted by molar-refractivity contribution is 7.99. The lowest BCUT2D eigenvalue weighted by molar-refractivity contribution is 1.03. The highest BCUT2D eigenvalue weighted by Gasteiger charge is 2.08. The first-order chi connectivity index (χ1) is 7.85. The van der Waals surface area contributed by atoms with Crippen LogP contribution in [0.4, 0.5) is 5.95 Å². The molecule has 0 bridgehead atoms. The Bertz CT molecular complexity index is 467. The number of aromatic amines is 1. The fourth-order valence-corrected chi connectivity index (χ4v) is 2.21. The third-order valence-electron chi connectivity index (χ3n) is 2.05. The zero-order valence-corrected chi connectivity index (χ0v) is 10.3. The van der Waals surface area contributed by atoms with Crippen molar-refractivity contribution in [2.45, 2.75) is 25.3 Å². The lowest BCUT2D eigenvalue weighted by Crippen LogP contribution is -2.03. The number of nitrogens with one attached hydrogen (secondary N) is 2. The number of aromatic nitrogens is 4. The Morgan fingerprint density at radius 2 is 2.25 bits per heavy atom. The molecule has 0 aliphatic heterocycles. The Morgan fingerprint density at radius 3 is 3.00 bits per heavy atom. The van der Waals surface area contributed by atoms with E-state index in [1.165, 1.54) is 0 Å². The molecule has 0 aliphatic rings. The average molecular weight is 237 g/mol. The molecule has 6 heteroatoms. The van der Waals surface area contributed by atoms with Gasteiger partial charge in [0, 0.05) is 6.54 Å². The van der Waals surface area contributed by atoms with Crippen LogP contribution in [0.15, 0.2) is 11.2 Å². The third-order valence-corrected chi connectivity index (χ3v) is 3.25. The zero-order chi connectivity index (χ0) is 11.4. The summed E-state index contributed by atoms with van der Waals surface area (Å²) in [7, 11) is 0. The standard InChI is InChI=1S/C10H15N5S/c1-3-5-16-9-7-6-12-15-8(7)13-10(14-9)11-4-2/h6H,3-5H2,1-2H3,(H2,11,12,13,14,15). The number of rotatable bonds is 5. The van der Waals surface area contributed by atoms with Crippen molar-refractivity contribution in [1.82, 2.24) is 20.2 Å². The van der Waals surface area contributed by atoms with Crippen LogP contribution < -0.4 is 5.32 Å². The van der Waals surface area contributed by atoms with Gasteiger partial charge < -0.3 is 5.32 Å². The van der Waals surface area contributed by atoms with Crippen molar-refractivity contribution in [3.05, 3.63) is 6.20 Å². The number of anilines is 1. The monoisotopic (exact) mass is 237 g/mol. The van der Waals surface area contributed by atoms with E-state index in [-0.39, 0.29) is 0 Å². The first-order valence-electron chi connectivity index (χ1n) is 5.43. The van der Waals surface area contributed by atoms with E-state index in [0.29, 0.717) is 5.95 Å². The van der Waals surface area contributed by atoms with E-state index < -0.39 is 0 Å². The van der Waals surface area contributed by atoms with Crippen LogP contribution in [0.5, 0.6) is 0 Å². The summed E-state index contributed by atoms with van der Waals surface area (Å²) in [6.07, 6.45) is 2.91. The van der Waals surface area contributed by atoms with E-state index in [4.69, 9.17) is 0 Å². The van der Waals surface area contributed by atoms with Crippen LogP contribution in [-0.4, -0.2) is 32.5 Å². The summed E-state index contributed by atoms with van der Waals surface area (Å²) in [6, 6.07) is 0. The molecular formula is C10H15N5S. The summed E-state index contributed by atoms with van der Waals surface area (Å²) in [5, 5.41) is 12.0. The summed E-state index contributed by atoms with van der Waals surface area (Å²) in [4.78, 5) is 8.82. The van der Waals surface area contributed by atoms with E-state index in [0.717, 1.165) is 34.8 Å². The molecule has 2 aromatic rings. The number of hydrogen-bond acceptors (Lipinski definition) is 5. The number of hydrogen-bond donors (Lipinski definition) is 2. The maximum atomic E-state index is 4.48. The number of H-pyrrole nitrogens is 1. The number of fused-ring (bicyclic) bond motifs is 1. The predicted octanol–water partition coefficient (Wildman–Crippen LogP) is 2.29. The Labute approximate surface area is 98.4 Å². The third kappa shape index (κ3) is 2.27. The zero-order valence-electron chi connectivity index (χ0n) is 9.45. The predicted molar refractivity (Wildman–Crippen MR) is 66.9 cm³/mol. The molecule has 0 saturated carbocycles. The highest BCUT2D eigenvalue weighted by atomic mass is 32.2. The van der Waals surface area contributed by atoms with Crippen LogP contribution in [0.25, 0.3) is 11.0 Å². The first kappa shape index (κ1) is 11.2. The molecule has 16 heavy (non-hydrogen) atoms. The summed E-state index contributed by atoms with van der Waals surface area (Å²) < 4.78 is 0. The molecule has 0 saturated heterocycles. The van der Waals surface area contributed by atoms with E-state index in [1.807, 2.05) is 6.92 Å². The van der Waals surface area contributed by atoms with Gasteiger partial charge in [0.05, 0.1) is 11.6 Å². The number of nitrogens with zero attached hydrogens (tertiary/aromatic N) is 3. The molecule has 86 valence electrons. The minimum absolute atomic E-state index is 0.665. The van der Waals surface area contributed by atoms with Gasteiger partial charge in [0.25, 0.3) is 0 Å². The van der Waals surface area contributed by atoms with Crippen molar-refractivity contribution in [3.8, 4) is 0 Å². The Kier molecular flexibility index (Phi) is 3.61. The minimum Gasteiger partial charge on any atom is -0.354 e. The minimum atomic E-state index is 0.665. The van der Waals surface area contributed by atoms with Gasteiger partial charge in [0.15, 0.2) is 5.65 Å². The molecule has 0 radical (unpaired) electrons. The van der Waals surface area contributed by atoms with Crippen molar-refractivity contribution >= 4 is 28.7 Å². The molecule has 2 aromatic heterocycles. The van der Waals surface area contributed by atoms with Gasteiger partial charge >= 0.3 is 0 Å². The molecule has 0 aliphatic carbocycles. The maximum Gasteiger partial charge on any atom is 0.225 e. The fourth-order valence-electron chi connectivity index (χ4n) is 1.35. The van der Waals surface area contributed by atoms with Crippen LogP contribution in [0.1, 0.15) is 20.3 Å². The molecule has 5 nitrogen and oxygen atoms in total. The fraction of sp³-hybridized carbons (Fsp3) is 0.500. The van der Waals surface area contributed by atoms with Gasteiger partial charge in [-0.2, -0.15) is 10.1 Å². The van der Waals surface area contributed by atoms with E-state index in [1.54, 1.807) is 18.0 Å². The quantitative estimate of drug-likeness (QED) is 0.617. The molecule has 0 aromatic carbocycles. The van der Waals surface area contributed by atoms with E-state index in [2.05, 4.69) is 32.4 Å². The van der Waals surface area contributed by atoms with Crippen LogP contribution in [0.2, 0.25) is 0 Å². The normalized spacial score (nSPS) is 10.9. The van der Waals surface area contributed by atoms with Gasteiger partial charge in [0.1, 0.15) is 5.03 Å². The maximum absolute atomic E-state index is 4.48. The second kappa shape index (κ2) is 5.16. The van der Waals surface area contributed by atoms with Crippen LogP contribution in [0.3, 0.4) is 0 Å². The highest BCUT2D eigenvalue weighted by Crippen LogP contribution is 2.25. The van der Waals surface area contributed by atoms with Crippen molar-refractivity contribution < 1.29 is 0 Å². The molecule has 0 amide bonds. The molecule has 2 heterocycles. The molecular weight excluding hydrogens is 222 g/mol. The summed E-state index contributed by atoms with van der Waals surface area (Å²) in [5.74, 6) is 1.72.